The zero-order valence-electron chi connectivity index (χ0n) is 9.53. The Morgan fingerprint density at radius 2 is 2.17 bits per heavy atom. The summed E-state index contributed by atoms with van der Waals surface area (Å²) < 4.78 is 5.45. The summed E-state index contributed by atoms with van der Waals surface area (Å²) >= 11 is 5.98. The molecule has 2 rings (SSSR count). The van der Waals surface area contributed by atoms with Gasteiger partial charge in [0.2, 0.25) is 5.88 Å². The van der Waals surface area contributed by atoms with Crippen LogP contribution in [0.2, 0.25) is 5.02 Å². The molecule has 7 heteroatoms. The van der Waals surface area contributed by atoms with E-state index in [0.29, 0.717) is 11.6 Å². The first kappa shape index (κ1) is 12.3. The summed E-state index contributed by atoms with van der Waals surface area (Å²) in [5.74, 6) is -0.238. The number of anilines is 1. The van der Waals surface area contributed by atoms with E-state index in [2.05, 4.69) is 10.2 Å². The molecule has 1 amide bonds. The van der Waals surface area contributed by atoms with Gasteiger partial charge in [-0.05, 0) is 19.1 Å². The van der Waals surface area contributed by atoms with Crippen molar-refractivity contribution in [2.45, 2.75) is 6.92 Å². The van der Waals surface area contributed by atoms with Gasteiger partial charge in [0.15, 0.2) is 5.75 Å². The second-order valence-electron chi connectivity index (χ2n) is 3.73. The number of primary amides is 1. The summed E-state index contributed by atoms with van der Waals surface area (Å²) in [6.07, 6.45) is 0. The fraction of sp³-hybridized carbons (Fsp3) is 0.0909. The van der Waals surface area contributed by atoms with E-state index in [1.54, 1.807) is 6.07 Å². The normalized spacial score (nSPS) is 10.3. The highest BCUT2D eigenvalue weighted by molar-refractivity contribution is 6.33. The molecule has 5 N–H and O–H groups in total. The highest BCUT2D eigenvalue weighted by atomic mass is 35.5. The van der Waals surface area contributed by atoms with E-state index in [0.717, 1.165) is 5.69 Å². The molecule has 1 heterocycles. The maximum atomic E-state index is 11.3. The maximum Gasteiger partial charge on any atom is 0.252 e. The number of hydrogen-bond acceptors (Lipinski definition) is 4. The number of ether oxygens (including phenoxy) is 1. The second kappa shape index (κ2) is 4.58. The van der Waals surface area contributed by atoms with Gasteiger partial charge in [-0.15, -0.1) is 5.10 Å². The molecule has 6 nitrogen and oxygen atoms in total. The minimum Gasteiger partial charge on any atom is -0.435 e. The van der Waals surface area contributed by atoms with Crippen molar-refractivity contribution in [3.63, 3.8) is 0 Å². The third-order valence-corrected chi connectivity index (χ3v) is 2.50. The van der Waals surface area contributed by atoms with Gasteiger partial charge < -0.3 is 16.2 Å². The average molecular weight is 267 g/mol. The standard InChI is InChI=1S/C11H11ClN4O2/c1-5-2-9(16-15-5)18-10-7(11(14)17)3-6(13)4-8(10)12/h2-4H,13H2,1H3,(H2,14,17)(H,15,16). The third-order valence-electron chi connectivity index (χ3n) is 2.22. The molecule has 1 aromatic heterocycles. The van der Waals surface area contributed by atoms with Crippen LogP contribution in [0.25, 0.3) is 0 Å². The van der Waals surface area contributed by atoms with Crippen LogP contribution < -0.4 is 16.2 Å². The van der Waals surface area contributed by atoms with E-state index in [9.17, 15) is 4.79 Å². The van der Waals surface area contributed by atoms with Gasteiger partial charge >= 0.3 is 0 Å². The number of hydrogen-bond donors (Lipinski definition) is 3. The van der Waals surface area contributed by atoms with Crippen molar-refractivity contribution in [1.82, 2.24) is 10.2 Å². The molecule has 18 heavy (non-hydrogen) atoms. The summed E-state index contributed by atoms with van der Waals surface area (Å²) in [7, 11) is 0. The Morgan fingerprint density at radius 1 is 1.44 bits per heavy atom. The Hall–Kier alpha value is -2.21. The Labute approximate surface area is 108 Å². The van der Waals surface area contributed by atoms with Crippen LogP contribution in [0.4, 0.5) is 5.69 Å². The van der Waals surface area contributed by atoms with Crippen LogP contribution in [0.1, 0.15) is 16.1 Å². The van der Waals surface area contributed by atoms with Crippen LogP contribution in [-0.2, 0) is 0 Å². The van der Waals surface area contributed by atoms with Crippen molar-refractivity contribution in [3.05, 3.63) is 34.5 Å². The van der Waals surface area contributed by atoms with Gasteiger partial charge in [-0.3, -0.25) is 9.89 Å². The van der Waals surface area contributed by atoms with E-state index in [1.165, 1.54) is 12.1 Å². The number of aromatic nitrogens is 2. The quantitative estimate of drug-likeness (QED) is 0.737. The minimum absolute atomic E-state index is 0.112. The molecule has 0 unspecified atom stereocenters. The first-order valence-electron chi connectivity index (χ1n) is 5.06. The van der Waals surface area contributed by atoms with Crippen LogP contribution in [0.5, 0.6) is 11.6 Å². The maximum absolute atomic E-state index is 11.3. The molecular formula is C11H11ClN4O2. The topological polar surface area (TPSA) is 107 Å². The number of benzene rings is 1. The summed E-state index contributed by atoms with van der Waals surface area (Å²) in [5, 5.41) is 6.79. The van der Waals surface area contributed by atoms with Gasteiger partial charge in [0.25, 0.3) is 5.91 Å². The van der Waals surface area contributed by atoms with Gasteiger partial charge in [-0.1, -0.05) is 11.6 Å². The van der Waals surface area contributed by atoms with Gasteiger partial charge in [0.05, 0.1) is 10.6 Å². The molecule has 0 atom stereocenters. The van der Waals surface area contributed by atoms with Crippen molar-refractivity contribution in [3.8, 4) is 11.6 Å². The predicted octanol–water partition coefficient (Wildman–Crippen LogP) is 1.84. The van der Waals surface area contributed by atoms with Gasteiger partial charge in [0.1, 0.15) is 0 Å². The highest BCUT2D eigenvalue weighted by Crippen LogP contribution is 2.34. The highest BCUT2D eigenvalue weighted by Gasteiger charge is 2.16. The van der Waals surface area contributed by atoms with Crippen molar-refractivity contribution in [2.24, 2.45) is 5.73 Å². The van der Waals surface area contributed by atoms with Crippen LogP contribution in [0.15, 0.2) is 18.2 Å². The lowest BCUT2D eigenvalue weighted by Crippen LogP contribution is -2.13. The number of carbonyl (C=O) groups is 1. The van der Waals surface area contributed by atoms with Gasteiger partial charge in [-0.25, -0.2) is 0 Å². The minimum atomic E-state index is -0.675. The molecule has 0 aliphatic heterocycles. The molecule has 0 radical (unpaired) electrons. The first-order chi connectivity index (χ1) is 8.47. The van der Waals surface area contributed by atoms with Crippen molar-refractivity contribution >= 4 is 23.2 Å². The molecule has 0 saturated carbocycles. The van der Waals surface area contributed by atoms with Gasteiger partial charge in [0, 0.05) is 17.4 Å². The Morgan fingerprint density at radius 3 is 2.72 bits per heavy atom. The molecular weight excluding hydrogens is 256 g/mol. The van der Waals surface area contributed by atoms with Crippen LogP contribution in [0, 0.1) is 6.92 Å². The zero-order valence-corrected chi connectivity index (χ0v) is 10.3. The second-order valence-corrected chi connectivity index (χ2v) is 4.14. The van der Waals surface area contributed by atoms with E-state index in [1.807, 2.05) is 6.92 Å². The largest absolute Gasteiger partial charge is 0.435 e. The number of nitrogen functional groups attached to an aromatic ring is 1. The van der Waals surface area contributed by atoms with Gasteiger partial charge in [-0.2, -0.15) is 0 Å². The first-order valence-corrected chi connectivity index (χ1v) is 5.44. The molecule has 0 bridgehead atoms. The summed E-state index contributed by atoms with van der Waals surface area (Å²) in [4.78, 5) is 11.3. The predicted molar refractivity (Wildman–Crippen MR) is 67.8 cm³/mol. The van der Waals surface area contributed by atoms with E-state index in [-0.39, 0.29) is 16.3 Å². The number of H-pyrrole nitrogens is 1. The molecule has 0 spiro atoms. The lowest BCUT2D eigenvalue weighted by atomic mass is 10.1. The van der Waals surface area contributed by atoms with E-state index < -0.39 is 5.91 Å². The lowest BCUT2D eigenvalue weighted by molar-refractivity contribution is 0.0998. The fourth-order valence-electron chi connectivity index (χ4n) is 1.45. The Kier molecular flexibility index (Phi) is 3.12. The molecule has 94 valence electrons. The smallest absolute Gasteiger partial charge is 0.252 e. The van der Waals surface area contributed by atoms with Crippen molar-refractivity contribution < 1.29 is 9.53 Å². The molecule has 0 fully saturated rings. The zero-order chi connectivity index (χ0) is 13.3. The number of aromatic amines is 1. The Balaban J connectivity index is 2.46. The number of aryl methyl sites for hydroxylation is 1. The van der Waals surface area contributed by atoms with Crippen molar-refractivity contribution in [2.75, 3.05) is 5.73 Å². The summed E-state index contributed by atoms with van der Waals surface area (Å²) in [6, 6.07) is 4.54. The molecule has 0 saturated heterocycles. The van der Waals surface area contributed by atoms with Crippen LogP contribution in [-0.4, -0.2) is 16.1 Å². The molecule has 0 aliphatic rings. The van der Waals surface area contributed by atoms with Crippen LogP contribution in [0.3, 0.4) is 0 Å². The van der Waals surface area contributed by atoms with Crippen LogP contribution >= 0.6 is 11.6 Å². The third kappa shape index (κ3) is 2.38. The fourth-order valence-corrected chi connectivity index (χ4v) is 1.72. The number of halogens is 1. The summed E-state index contributed by atoms with van der Waals surface area (Å²) in [6.45, 7) is 1.82. The number of amides is 1. The number of carbonyl (C=O) groups excluding carboxylic acids is 1. The monoisotopic (exact) mass is 266 g/mol. The number of nitrogens with two attached hydrogens (primary N) is 2. The molecule has 0 aliphatic carbocycles. The number of nitrogens with zero attached hydrogens (tertiary/aromatic N) is 1. The van der Waals surface area contributed by atoms with Crippen molar-refractivity contribution in [1.29, 1.82) is 0 Å². The molecule has 1 aromatic carbocycles. The molecule has 2 aromatic rings. The number of nitrogens with one attached hydrogen (secondary N) is 1. The average Bonchev–Trinajstić information content (AvgIpc) is 2.67. The Bertz CT molecular complexity index is 609. The van der Waals surface area contributed by atoms with E-state index in [4.69, 9.17) is 27.8 Å². The lowest BCUT2D eigenvalue weighted by Gasteiger charge is -2.09. The summed E-state index contributed by atoms with van der Waals surface area (Å²) in [5.41, 5.74) is 12.1. The SMILES string of the molecule is Cc1cc(Oc2c(Cl)cc(N)cc2C(N)=O)n[nH]1. The number of rotatable bonds is 3. The van der Waals surface area contributed by atoms with E-state index >= 15 is 0 Å².